The van der Waals surface area contributed by atoms with Crippen molar-refractivity contribution in [2.45, 2.75) is 51.0 Å². The lowest BCUT2D eigenvalue weighted by Gasteiger charge is -2.23. The molecular weight excluding hydrogens is 186 g/mol. The van der Waals surface area contributed by atoms with Gasteiger partial charge in [0.25, 0.3) is 0 Å². The fourth-order valence-corrected chi connectivity index (χ4v) is 2.71. The summed E-state index contributed by atoms with van der Waals surface area (Å²) in [5, 5.41) is 0. The van der Waals surface area contributed by atoms with E-state index >= 15 is 0 Å². The van der Waals surface area contributed by atoms with Gasteiger partial charge in [-0.2, -0.15) is 0 Å². The summed E-state index contributed by atoms with van der Waals surface area (Å²) >= 11 is 0. The Hall–Kier alpha value is 0.0569. The molecule has 1 rings (SSSR count). The van der Waals surface area contributed by atoms with Crippen LogP contribution in [0.4, 0.5) is 0 Å². The second kappa shape index (κ2) is 5.07. The Morgan fingerprint density at radius 3 is 1.77 bits per heavy atom. The minimum Gasteiger partial charge on any atom is -0.377 e. The molecule has 0 heterocycles. The Bertz CT molecular complexity index is 141. The standard InChI is InChI=1S/C8H19NO3Si/c10-13(11,12)9-8-6-4-2-1-3-5-7-8/h8-12H,1-7H2. The zero-order chi connectivity index (χ0) is 9.73. The van der Waals surface area contributed by atoms with Crippen LogP contribution in [-0.4, -0.2) is 29.4 Å². The van der Waals surface area contributed by atoms with Crippen LogP contribution >= 0.6 is 0 Å². The highest BCUT2D eigenvalue weighted by molar-refractivity contribution is 6.53. The fourth-order valence-electron chi connectivity index (χ4n) is 1.87. The van der Waals surface area contributed by atoms with Crippen LogP contribution in [0.5, 0.6) is 0 Å². The van der Waals surface area contributed by atoms with Crippen LogP contribution in [0.1, 0.15) is 44.9 Å². The molecule has 0 radical (unpaired) electrons. The smallest absolute Gasteiger partial charge is 0.377 e. The highest BCUT2D eigenvalue weighted by atomic mass is 28.4. The molecule has 4 N–H and O–H groups in total. The highest BCUT2D eigenvalue weighted by Crippen LogP contribution is 2.17. The van der Waals surface area contributed by atoms with Gasteiger partial charge in [0.2, 0.25) is 0 Å². The second-order valence-electron chi connectivity index (χ2n) is 3.82. The van der Waals surface area contributed by atoms with Crippen molar-refractivity contribution in [2.75, 3.05) is 0 Å². The highest BCUT2D eigenvalue weighted by Gasteiger charge is 2.31. The first-order chi connectivity index (χ1) is 6.08. The maximum absolute atomic E-state index is 8.87. The predicted molar refractivity (Wildman–Crippen MR) is 51.7 cm³/mol. The van der Waals surface area contributed by atoms with Gasteiger partial charge >= 0.3 is 8.97 Å². The van der Waals surface area contributed by atoms with E-state index in [4.69, 9.17) is 14.4 Å². The molecule has 0 spiro atoms. The molecule has 0 aromatic heterocycles. The molecule has 0 bridgehead atoms. The van der Waals surface area contributed by atoms with E-state index in [9.17, 15) is 0 Å². The largest absolute Gasteiger partial charge is 0.588 e. The van der Waals surface area contributed by atoms with Crippen molar-refractivity contribution < 1.29 is 14.4 Å². The normalized spacial score (nSPS) is 22.4. The summed E-state index contributed by atoms with van der Waals surface area (Å²) in [6.45, 7) is 0. The summed E-state index contributed by atoms with van der Waals surface area (Å²) in [4.78, 5) is 29.1. The van der Waals surface area contributed by atoms with E-state index in [0.717, 1.165) is 25.7 Å². The van der Waals surface area contributed by atoms with Gasteiger partial charge in [-0.05, 0) is 12.8 Å². The van der Waals surface area contributed by atoms with Crippen LogP contribution in [0, 0.1) is 0 Å². The minimum absolute atomic E-state index is 0.0898. The summed E-state index contributed by atoms with van der Waals surface area (Å²) in [6.07, 6.45) is 7.83. The van der Waals surface area contributed by atoms with E-state index in [-0.39, 0.29) is 6.04 Å². The van der Waals surface area contributed by atoms with Crippen LogP contribution in [0.15, 0.2) is 0 Å². The molecule has 1 saturated carbocycles. The van der Waals surface area contributed by atoms with E-state index in [1.165, 1.54) is 19.3 Å². The number of rotatable bonds is 2. The topological polar surface area (TPSA) is 72.7 Å². The maximum Gasteiger partial charge on any atom is 0.588 e. The van der Waals surface area contributed by atoms with Crippen LogP contribution in [-0.2, 0) is 0 Å². The molecule has 1 aliphatic carbocycles. The molecule has 1 fully saturated rings. The molecule has 0 atom stereocenters. The third-order valence-electron chi connectivity index (χ3n) is 2.50. The number of hydrogen-bond acceptors (Lipinski definition) is 4. The molecule has 0 saturated heterocycles. The first-order valence-electron chi connectivity index (χ1n) is 5.03. The maximum atomic E-state index is 8.87. The Kier molecular flexibility index (Phi) is 4.34. The van der Waals surface area contributed by atoms with Crippen molar-refractivity contribution >= 4 is 8.97 Å². The lowest BCUT2D eigenvalue weighted by molar-refractivity contribution is 0.195. The van der Waals surface area contributed by atoms with E-state index in [1.807, 2.05) is 0 Å². The van der Waals surface area contributed by atoms with Gasteiger partial charge in [-0.1, -0.05) is 32.1 Å². The Balaban J connectivity index is 2.29. The summed E-state index contributed by atoms with van der Waals surface area (Å²) in [5.74, 6) is 0. The molecule has 0 unspecified atom stereocenters. The van der Waals surface area contributed by atoms with Gasteiger partial charge in [0.15, 0.2) is 0 Å². The Morgan fingerprint density at radius 1 is 0.846 bits per heavy atom. The molecular formula is C8H19NO3Si. The molecule has 0 aromatic rings. The summed E-state index contributed by atoms with van der Waals surface area (Å²) in [5.41, 5.74) is 0. The van der Waals surface area contributed by atoms with Gasteiger partial charge in [0, 0.05) is 6.04 Å². The van der Waals surface area contributed by atoms with Gasteiger partial charge in [-0.25, -0.2) is 0 Å². The van der Waals surface area contributed by atoms with E-state index in [2.05, 4.69) is 4.98 Å². The van der Waals surface area contributed by atoms with Crippen LogP contribution in [0.3, 0.4) is 0 Å². The van der Waals surface area contributed by atoms with Crippen molar-refractivity contribution in [3.05, 3.63) is 0 Å². The van der Waals surface area contributed by atoms with Gasteiger partial charge in [-0.3, -0.25) is 4.98 Å². The van der Waals surface area contributed by atoms with Crippen LogP contribution < -0.4 is 4.98 Å². The minimum atomic E-state index is -4.03. The number of hydrogen-bond donors (Lipinski definition) is 4. The number of nitrogens with one attached hydrogen (secondary N) is 1. The summed E-state index contributed by atoms with van der Waals surface area (Å²) in [7, 11) is -4.03. The van der Waals surface area contributed by atoms with Crippen molar-refractivity contribution in [1.29, 1.82) is 0 Å². The van der Waals surface area contributed by atoms with Crippen LogP contribution in [0.25, 0.3) is 0 Å². The Labute approximate surface area is 80.1 Å². The summed E-state index contributed by atoms with van der Waals surface area (Å²) in [6, 6.07) is 0.0898. The van der Waals surface area contributed by atoms with Crippen molar-refractivity contribution in [1.82, 2.24) is 4.98 Å². The van der Waals surface area contributed by atoms with Crippen molar-refractivity contribution in [3.63, 3.8) is 0 Å². The predicted octanol–water partition coefficient (Wildman–Crippen LogP) is 0.101. The van der Waals surface area contributed by atoms with Crippen molar-refractivity contribution in [2.24, 2.45) is 0 Å². The van der Waals surface area contributed by atoms with Gasteiger partial charge in [0.1, 0.15) is 0 Å². The Morgan fingerprint density at radius 2 is 1.31 bits per heavy atom. The lowest BCUT2D eigenvalue weighted by atomic mass is 9.97. The second-order valence-corrected chi connectivity index (χ2v) is 5.38. The molecule has 0 aliphatic heterocycles. The lowest BCUT2D eigenvalue weighted by Crippen LogP contribution is -2.56. The van der Waals surface area contributed by atoms with E-state index in [0.29, 0.717) is 0 Å². The van der Waals surface area contributed by atoms with Gasteiger partial charge < -0.3 is 14.4 Å². The average molecular weight is 205 g/mol. The quantitative estimate of drug-likeness (QED) is 0.483. The van der Waals surface area contributed by atoms with Gasteiger partial charge in [-0.15, -0.1) is 0 Å². The third-order valence-corrected chi connectivity index (χ3v) is 3.30. The average Bonchev–Trinajstić information content (AvgIpc) is 1.92. The molecule has 1 aliphatic rings. The fraction of sp³-hybridized carbons (Fsp3) is 1.00. The SMILES string of the molecule is O[Si](O)(O)NC1CCCCCCC1. The zero-order valence-electron chi connectivity index (χ0n) is 7.87. The van der Waals surface area contributed by atoms with Gasteiger partial charge in [0.05, 0.1) is 0 Å². The third kappa shape index (κ3) is 5.38. The van der Waals surface area contributed by atoms with E-state index in [1.54, 1.807) is 0 Å². The molecule has 0 amide bonds. The molecule has 78 valence electrons. The molecule has 4 nitrogen and oxygen atoms in total. The first kappa shape index (κ1) is 11.1. The van der Waals surface area contributed by atoms with E-state index < -0.39 is 8.97 Å². The monoisotopic (exact) mass is 205 g/mol. The summed E-state index contributed by atoms with van der Waals surface area (Å²) < 4.78 is 0. The zero-order valence-corrected chi connectivity index (χ0v) is 8.87. The first-order valence-corrected chi connectivity index (χ1v) is 6.87. The molecule has 13 heavy (non-hydrogen) atoms. The molecule has 5 heteroatoms. The molecule has 0 aromatic carbocycles. The van der Waals surface area contributed by atoms with Crippen molar-refractivity contribution in [3.8, 4) is 0 Å². The van der Waals surface area contributed by atoms with Crippen LogP contribution in [0.2, 0.25) is 0 Å².